The zero-order valence-electron chi connectivity index (χ0n) is 18.5. The van der Waals surface area contributed by atoms with Crippen LogP contribution in [0.25, 0.3) is 6.08 Å². The molecule has 5 fully saturated rings. The van der Waals surface area contributed by atoms with Gasteiger partial charge < -0.3 is 10.1 Å². The van der Waals surface area contributed by atoms with E-state index in [-0.39, 0.29) is 16.7 Å². The zero-order valence-corrected chi connectivity index (χ0v) is 20.1. The highest BCUT2D eigenvalue weighted by Crippen LogP contribution is 2.55. The van der Waals surface area contributed by atoms with Crippen LogP contribution in [0.4, 0.5) is 4.79 Å². The van der Waals surface area contributed by atoms with Crippen molar-refractivity contribution in [3.8, 4) is 5.75 Å². The molecule has 5 aliphatic rings. The molecular weight excluding hydrogens is 440 g/mol. The minimum Gasteiger partial charge on any atom is -0.497 e. The van der Waals surface area contributed by atoms with Crippen molar-refractivity contribution in [1.82, 2.24) is 10.2 Å². The predicted molar refractivity (Wildman–Crippen MR) is 132 cm³/mol. The molecule has 4 aliphatic carbocycles. The summed E-state index contributed by atoms with van der Waals surface area (Å²) in [6, 6.07) is 7.65. The van der Waals surface area contributed by atoms with Crippen molar-refractivity contribution < 1.29 is 14.3 Å². The number of ether oxygens (including phenoxy) is 1. The van der Waals surface area contributed by atoms with E-state index in [2.05, 4.69) is 5.32 Å². The Balaban J connectivity index is 1.13. The topological polar surface area (TPSA) is 58.6 Å². The molecule has 0 radical (unpaired) electrons. The van der Waals surface area contributed by atoms with Gasteiger partial charge in [0.1, 0.15) is 10.7 Å². The Labute approximate surface area is 199 Å². The van der Waals surface area contributed by atoms with Crippen LogP contribution in [0.5, 0.6) is 5.75 Å². The Kier molecular flexibility index (Phi) is 6.05. The highest BCUT2D eigenvalue weighted by molar-refractivity contribution is 8.19. The van der Waals surface area contributed by atoms with Crippen molar-refractivity contribution in [2.24, 2.45) is 17.8 Å². The molecule has 1 aliphatic heterocycles. The van der Waals surface area contributed by atoms with E-state index in [1.807, 2.05) is 30.3 Å². The highest BCUT2D eigenvalue weighted by atomic mass is 32.2. The summed E-state index contributed by atoms with van der Waals surface area (Å²) in [5.41, 5.74) is 1.02. The molecule has 32 heavy (non-hydrogen) atoms. The number of benzene rings is 1. The second-order valence-electron chi connectivity index (χ2n) is 9.96. The number of hydrogen-bond acceptors (Lipinski definition) is 5. The molecule has 4 bridgehead atoms. The number of hydrogen-bond donors (Lipinski definition) is 1. The van der Waals surface area contributed by atoms with Crippen LogP contribution < -0.4 is 10.1 Å². The van der Waals surface area contributed by atoms with Gasteiger partial charge in [0, 0.05) is 18.5 Å². The molecule has 170 valence electrons. The van der Waals surface area contributed by atoms with Gasteiger partial charge in [-0.1, -0.05) is 24.4 Å². The number of rotatable bonds is 7. The first-order valence-corrected chi connectivity index (χ1v) is 12.9. The molecule has 1 heterocycles. The summed E-state index contributed by atoms with van der Waals surface area (Å²) in [7, 11) is 1.63. The smallest absolute Gasteiger partial charge is 0.291 e. The van der Waals surface area contributed by atoms with Crippen LogP contribution in [0, 0.1) is 17.8 Å². The van der Waals surface area contributed by atoms with Gasteiger partial charge in [-0.3, -0.25) is 14.5 Å². The van der Waals surface area contributed by atoms with E-state index in [1.165, 1.54) is 19.3 Å². The van der Waals surface area contributed by atoms with Crippen LogP contribution in [0.1, 0.15) is 56.9 Å². The first-order chi connectivity index (χ1) is 15.4. The van der Waals surface area contributed by atoms with Crippen LogP contribution in [-0.4, -0.2) is 40.2 Å². The Morgan fingerprint density at radius 3 is 2.41 bits per heavy atom. The second-order valence-corrected chi connectivity index (χ2v) is 11.3. The molecule has 1 aromatic rings. The van der Waals surface area contributed by atoms with Crippen LogP contribution in [-0.2, 0) is 4.79 Å². The minimum absolute atomic E-state index is 0.0503. The van der Waals surface area contributed by atoms with Crippen LogP contribution in [0.3, 0.4) is 0 Å². The van der Waals surface area contributed by atoms with E-state index in [1.54, 1.807) is 12.0 Å². The number of carbonyl (C=O) groups excluding carboxylic acids is 2. The predicted octanol–water partition coefficient (Wildman–Crippen LogP) is 5.40. The Bertz CT molecular complexity index is 921. The lowest BCUT2D eigenvalue weighted by atomic mass is 9.53. The SMILES string of the molecule is COc1ccc(C=C2SC(=O)N(CCCC(=O)NC34CC5CC(CC(C5)C3)C4)C2=S)cc1. The molecule has 0 spiro atoms. The number of thioether (sulfide) groups is 1. The lowest BCUT2D eigenvalue weighted by Crippen LogP contribution is -2.59. The van der Waals surface area contributed by atoms with Crippen LogP contribution >= 0.6 is 24.0 Å². The van der Waals surface area contributed by atoms with E-state index < -0.39 is 0 Å². The fourth-order valence-electron chi connectivity index (χ4n) is 6.56. The lowest BCUT2D eigenvalue weighted by molar-refractivity contribution is -0.127. The lowest BCUT2D eigenvalue weighted by Gasteiger charge is -2.56. The summed E-state index contributed by atoms with van der Waals surface area (Å²) in [5, 5.41) is 3.36. The first-order valence-electron chi connectivity index (χ1n) is 11.6. The van der Waals surface area contributed by atoms with Gasteiger partial charge in [-0.15, -0.1) is 0 Å². The van der Waals surface area contributed by atoms with Crippen molar-refractivity contribution in [2.45, 2.75) is 56.9 Å². The Hall–Kier alpha value is -1.86. The summed E-state index contributed by atoms with van der Waals surface area (Å²) < 4.78 is 5.19. The molecule has 4 saturated carbocycles. The van der Waals surface area contributed by atoms with Crippen LogP contribution in [0.2, 0.25) is 0 Å². The third-order valence-electron chi connectivity index (χ3n) is 7.52. The third kappa shape index (κ3) is 4.46. The molecule has 0 atom stereocenters. The molecule has 2 amide bonds. The standard InChI is InChI=1S/C25H30N2O3S2/c1-30-20-6-4-16(5-7-20)12-21-23(31)27(24(29)32-21)8-2-3-22(28)26-25-13-17-9-18(14-25)11-19(10-17)15-25/h4-7,12,17-19H,2-3,8-11,13-15H2,1H3,(H,26,28). The quantitative estimate of drug-likeness (QED) is 0.427. The van der Waals surface area contributed by atoms with E-state index in [0.717, 1.165) is 65.0 Å². The van der Waals surface area contributed by atoms with Crippen molar-refractivity contribution in [2.75, 3.05) is 13.7 Å². The molecule has 5 nitrogen and oxygen atoms in total. The molecule has 6 rings (SSSR count). The summed E-state index contributed by atoms with van der Waals surface area (Å²) in [6.07, 6.45) is 10.6. The van der Waals surface area contributed by atoms with Gasteiger partial charge in [0.05, 0.1) is 12.0 Å². The normalized spacial score (nSPS) is 32.1. The van der Waals surface area contributed by atoms with Gasteiger partial charge >= 0.3 is 0 Å². The number of carbonyl (C=O) groups is 2. The summed E-state index contributed by atoms with van der Waals surface area (Å²) >= 11 is 6.73. The number of amides is 2. The summed E-state index contributed by atoms with van der Waals surface area (Å²) in [6.45, 7) is 0.485. The molecular formula is C25H30N2O3S2. The summed E-state index contributed by atoms with van der Waals surface area (Å²) in [4.78, 5) is 28.2. The van der Waals surface area contributed by atoms with Gasteiger partial charge in [0.25, 0.3) is 5.24 Å². The van der Waals surface area contributed by atoms with Crippen molar-refractivity contribution in [3.63, 3.8) is 0 Å². The van der Waals surface area contributed by atoms with Gasteiger partial charge in [-0.2, -0.15) is 0 Å². The minimum atomic E-state index is -0.0590. The maximum Gasteiger partial charge on any atom is 0.291 e. The first kappa shape index (κ1) is 22.0. The van der Waals surface area contributed by atoms with E-state index in [0.29, 0.717) is 24.4 Å². The highest BCUT2D eigenvalue weighted by Gasteiger charge is 2.51. The van der Waals surface area contributed by atoms with E-state index in [4.69, 9.17) is 17.0 Å². The maximum absolute atomic E-state index is 12.7. The average Bonchev–Trinajstić information content (AvgIpc) is 3.00. The van der Waals surface area contributed by atoms with Gasteiger partial charge in [-0.05, 0) is 98.2 Å². The molecule has 7 heteroatoms. The fraction of sp³-hybridized carbons (Fsp3) is 0.560. The van der Waals surface area contributed by atoms with Gasteiger partial charge in [0.15, 0.2) is 0 Å². The number of nitrogens with zero attached hydrogens (tertiary/aromatic N) is 1. The monoisotopic (exact) mass is 470 g/mol. The third-order valence-corrected chi connectivity index (χ3v) is 9.01. The Morgan fingerprint density at radius 2 is 1.81 bits per heavy atom. The number of methoxy groups -OCH3 is 1. The molecule has 0 unspecified atom stereocenters. The molecule has 0 aromatic heterocycles. The zero-order chi connectivity index (χ0) is 22.3. The molecule has 1 aromatic carbocycles. The van der Waals surface area contributed by atoms with E-state index in [9.17, 15) is 9.59 Å². The van der Waals surface area contributed by atoms with Crippen molar-refractivity contribution in [1.29, 1.82) is 0 Å². The average molecular weight is 471 g/mol. The molecule has 1 saturated heterocycles. The Morgan fingerprint density at radius 1 is 1.19 bits per heavy atom. The second kappa shape index (κ2) is 8.82. The van der Waals surface area contributed by atoms with Gasteiger partial charge in [0.2, 0.25) is 5.91 Å². The maximum atomic E-state index is 12.7. The van der Waals surface area contributed by atoms with Crippen LogP contribution in [0.15, 0.2) is 29.2 Å². The van der Waals surface area contributed by atoms with Gasteiger partial charge in [-0.25, -0.2) is 0 Å². The number of thiocarbonyl (C=S) groups is 1. The largest absolute Gasteiger partial charge is 0.497 e. The van der Waals surface area contributed by atoms with E-state index >= 15 is 0 Å². The fourth-order valence-corrected chi connectivity index (χ4v) is 7.85. The molecule has 1 N–H and O–H groups in total. The summed E-state index contributed by atoms with van der Waals surface area (Å²) in [5.74, 6) is 3.36. The number of nitrogens with one attached hydrogen (secondary N) is 1. The van der Waals surface area contributed by atoms with Crippen molar-refractivity contribution >= 4 is 46.2 Å². The van der Waals surface area contributed by atoms with Crippen molar-refractivity contribution in [3.05, 3.63) is 34.7 Å².